The number of H-pyrrole nitrogens is 1. The van der Waals surface area contributed by atoms with E-state index in [1.165, 1.54) is 10.9 Å². The molecule has 1 amide bonds. The van der Waals surface area contributed by atoms with Gasteiger partial charge in [0.05, 0.1) is 6.54 Å². The van der Waals surface area contributed by atoms with E-state index >= 15 is 0 Å². The van der Waals surface area contributed by atoms with Gasteiger partial charge in [-0.05, 0) is 36.7 Å². The quantitative estimate of drug-likeness (QED) is 0.658. The zero-order chi connectivity index (χ0) is 18.5. The third-order valence-corrected chi connectivity index (χ3v) is 5.13. The lowest BCUT2D eigenvalue weighted by atomic mass is 10.1. The van der Waals surface area contributed by atoms with Crippen LogP contribution in [0.2, 0.25) is 0 Å². The summed E-state index contributed by atoms with van der Waals surface area (Å²) in [4.78, 5) is 24.3. The number of pyridine rings is 1. The molecule has 1 aliphatic rings. The number of benzene rings is 1. The Morgan fingerprint density at radius 2 is 1.89 bits per heavy atom. The average Bonchev–Trinajstić information content (AvgIpc) is 3.15. The zero-order valence-electron chi connectivity index (χ0n) is 15.4. The topological polar surface area (TPSA) is 64.3 Å². The van der Waals surface area contributed by atoms with Crippen LogP contribution in [0.1, 0.15) is 5.56 Å². The summed E-state index contributed by atoms with van der Waals surface area (Å²) in [6, 6.07) is 14.2. The van der Waals surface area contributed by atoms with Crippen molar-refractivity contribution < 1.29 is 4.79 Å². The number of carbonyl (C=O) groups excluding carboxylic acids is 1. The van der Waals surface area contributed by atoms with E-state index in [1.54, 1.807) is 0 Å². The van der Waals surface area contributed by atoms with Crippen LogP contribution in [0.4, 0.5) is 5.82 Å². The molecule has 2 aromatic heterocycles. The molecular formula is C21H25N5O. The lowest BCUT2D eigenvalue weighted by Gasteiger charge is -2.35. The minimum Gasteiger partial charge on any atom is -0.361 e. The maximum Gasteiger partial charge on any atom is 0.236 e. The fraction of sp³-hybridized carbons (Fsp3) is 0.333. The van der Waals surface area contributed by atoms with Gasteiger partial charge in [-0.25, -0.2) is 4.98 Å². The molecule has 0 unspecified atom stereocenters. The Labute approximate surface area is 159 Å². The maximum absolute atomic E-state index is 12.4. The molecule has 3 aromatic rings. The van der Waals surface area contributed by atoms with Crippen molar-refractivity contribution >= 4 is 22.6 Å². The molecule has 6 heteroatoms. The highest BCUT2D eigenvalue weighted by Gasteiger charge is 2.21. The van der Waals surface area contributed by atoms with E-state index in [1.807, 2.05) is 35.4 Å². The molecular weight excluding hydrogens is 338 g/mol. The summed E-state index contributed by atoms with van der Waals surface area (Å²) in [5.41, 5.74) is 2.45. The molecule has 6 nitrogen and oxygen atoms in total. The van der Waals surface area contributed by atoms with Crippen LogP contribution < -0.4 is 10.2 Å². The largest absolute Gasteiger partial charge is 0.361 e. The number of hydrogen-bond donors (Lipinski definition) is 2. The first-order valence-electron chi connectivity index (χ1n) is 9.51. The van der Waals surface area contributed by atoms with Gasteiger partial charge in [-0.1, -0.05) is 24.3 Å². The van der Waals surface area contributed by atoms with Crippen LogP contribution in [0, 0.1) is 0 Å². The first kappa shape index (κ1) is 17.5. The van der Waals surface area contributed by atoms with E-state index in [9.17, 15) is 4.79 Å². The number of anilines is 1. The third-order valence-electron chi connectivity index (χ3n) is 5.13. The van der Waals surface area contributed by atoms with Gasteiger partial charge in [-0.2, -0.15) is 0 Å². The number of rotatable bonds is 6. The molecule has 1 saturated heterocycles. The number of para-hydroxylation sites is 1. The van der Waals surface area contributed by atoms with Gasteiger partial charge >= 0.3 is 0 Å². The van der Waals surface area contributed by atoms with Crippen molar-refractivity contribution in [1.29, 1.82) is 0 Å². The third kappa shape index (κ3) is 4.11. The van der Waals surface area contributed by atoms with Crippen molar-refractivity contribution in [2.24, 2.45) is 0 Å². The van der Waals surface area contributed by atoms with Crippen molar-refractivity contribution in [2.45, 2.75) is 6.42 Å². The molecule has 3 heterocycles. The fourth-order valence-corrected chi connectivity index (χ4v) is 3.59. The Bertz CT molecular complexity index is 884. The SMILES string of the molecule is O=C(CNCCc1c[nH]c2ccccc12)N1CCN(c2ccccn2)CC1. The predicted molar refractivity (Wildman–Crippen MR) is 108 cm³/mol. The number of amides is 1. The van der Waals surface area contributed by atoms with Crippen LogP contribution in [0.15, 0.2) is 54.9 Å². The monoisotopic (exact) mass is 363 g/mol. The van der Waals surface area contributed by atoms with Crippen molar-refractivity contribution in [2.75, 3.05) is 44.2 Å². The number of fused-ring (bicyclic) bond motifs is 1. The van der Waals surface area contributed by atoms with Crippen molar-refractivity contribution in [3.8, 4) is 0 Å². The molecule has 0 aliphatic carbocycles. The zero-order valence-corrected chi connectivity index (χ0v) is 15.4. The van der Waals surface area contributed by atoms with E-state index in [4.69, 9.17) is 0 Å². The molecule has 2 N–H and O–H groups in total. The average molecular weight is 363 g/mol. The van der Waals surface area contributed by atoms with Gasteiger partial charge in [0.1, 0.15) is 5.82 Å². The molecule has 1 aromatic carbocycles. The number of nitrogens with zero attached hydrogens (tertiary/aromatic N) is 3. The Kier molecular flexibility index (Phi) is 5.34. The molecule has 4 rings (SSSR count). The van der Waals surface area contributed by atoms with Crippen LogP contribution in [0.25, 0.3) is 10.9 Å². The molecule has 0 radical (unpaired) electrons. The summed E-state index contributed by atoms with van der Waals surface area (Å²) in [6.07, 6.45) is 4.78. The summed E-state index contributed by atoms with van der Waals surface area (Å²) in [6.45, 7) is 4.35. The first-order chi connectivity index (χ1) is 13.3. The van der Waals surface area contributed by atoms with Crippen LogP contribution in [0.3, 0.4) is 0 Å². The van der Waals surface area contributed by atoms with Gasteiger partial charge < -0.3 is 20.1 Å². The Hall–Kier alpha value is -2.86. The van der Waals surface area contributed by atoms with E-state index in [0.717, 1.165) is 50.5 Å². The van der Waals surface area contributed by atoms with Crippen molar-refractivity contribution in [3.63, 3.8) is 0 Å². The summed E-state index contributed by atoms with van der Waals surface area (Å²) in [5, 5.41) is 4.56. The highest BCUT2D eigenvalue weighted by molar-refractivity contribution is 5.83. The number of aromatic amines is 1. The van der Waals surface area contributed by atoms with Gasteiger partial charge in [-0.15, -0.1) is 0 Å². The highest BCUT2D eigenvalue weighted by atomic mass is 16.2. The molecule has 0 bridgehead atoms. The summed E-state index contributed by atoms with van der Waals surface area (Å²) in [5.74, 6) is 1.16. The second kappa shape index (κ2) is 8.22. The minimum absolute atomic E-state index is 0.176. The van der Waals surface area contributed by atoms with Gasteiger partial charge in [-0.3, -0.25) is 4.79 Å². The van der Waals surface area contributed by atoms with Crippen LogP contribution >= 0.6 is 0 Å². The fourth-order valence-electron chi connectivity index (χ4n) is 3.59. The lowest BCUT2D eigenvalue weighted by Crippen LogP contribution is -2.51. The number of nitrogens with one attached hydrogen (secondary N) is 2. The second-order valence-electron chi connectivity index (χ2n) is 6.84. The molecule has 27 heavy (non-hydrogen) atoms. The van der Waals surface area contributed by atoms with Gasteiger partial charge in [0.15, 0.2) is 0 Å². The Morgan fingerprint density at radius 1 is 1.07 bits per heavy atom. The van der Waals surface area contributed by atoms with E-state index < -0.39 is 0 Å². The van der Waals surface area contributed by atoms with Crippen LogP contribution in [-0.2, 0) is 11.2 Å². The predicted octanol–water partition coefficient (Wildman–Crippen LogP) is 2.04. The Balaban J connectivity index is 1.20. The van der Waals surface area contributed by atoms with Crippen molar-refractivity contribution in [3.05, 3.63) is 60.4 Å². The lowest BCUT2D eigenvalue weighted by molar-refractivity contribution is -0.130. The van der Waals surface area contributed by atoms with Gasteiger partial charge in [0, 0.05) is 49.5 Å². The molecule has 1 fully saturated rings. The summed E-state index contributed by atoms with van der Waals surface area (Å²) < 4.78 is 0. The Morgan fingerprint density at radius 3 is 2.70 bits per heavy atom. The van der Waals surface area contributed by atoms with Gasteiger partial charge in [0.2, 0.25) is 5.91 Å². The number of hydrogen-bond acceptors (Lipinski definition) is 4. The normalized spacial score (nSPS) is 14.7. The summed E-state index contributed by atoms with van der Waals surface area (Å²) in [7, 11) is 0. The molecule has 1 aliphatic heterocycles. The summed E-state index contributed by atoms with van der Waals surface area (Å²) >= 11 is 0. The minimum atomic E-state index is 0.176. The van der Waals surface area contributed by atoms with Crippen LogP contribution in [-0.4, -0.2) is 60.0 Å². The first-order valence-corrected chi connectivity index (χ1v) is 9.51. The number of piperazine rings is 1. The smallest absolute Gasteiger partial charge is 0.236 e. The van der Waals surface area contributed by atoms with Crippen molar-refractivity contribution in [1.82, 2.24) is 20.2 Å². The van der Waals surface area contributed by atoms with E-state index in [0.29, 0.717) is 6.54 Å². The number of aromatic nitrogens is 2. The highest BCUT2D eigenvalue weighted by Crippen LogP contribution is 2.17. The molecule has 0 atom stereocenters. The molecule has 0 spiro atoms. The van der Waals surface area contributed by atoms with E-state index in [-0.39, 0.29) is 5.91 Å². The van der Waals surface area contributed by atoms with Crippen LogP contribution in [0.5, 0.6) is 0 Å². The standard InChI is InChI=1S/C21H25N5O/c27-21(26-13-11-25(12-14-26)20-7-3-4-9-23-20)16-22-10-8-17-15-24-19-6-2-1-5-18(17)19/h1-7,9,15,22,24H,8,10-14,16H2. The number of carbonyl (C=O) groups is 1. The molecule has 0 saturated carbocycles. The molecule has 140 valence electrons. The second-order valence-corrected chi connectivity index (χ2v) is 6.84. The maximum atomic E-state index is 12.4. The van der Waals surface area contributed by atoms with Gasteiger partial charge in [0.25, 0.3) is 0 Å². The van der Waals surface area contributed by atoms with E-state index in [2.05, 4.69) is 44.6 Å².